The van der Waals surface area contributed by atoms with Crippen LogP contribution in [0.15, 0.2) is 36.1 Å². The summed E-state index contributed by atoms with van der Waals surface area (Å²) in [5.74, 6) is -2.90. The SMILES string of the molecule is CCOC(=O)/C=C(/Oc1ccccc1[C@H]1CC[C@@H](OCC2N(C(=O)OC(C)(C)C)CCC23COCC(=O)N3)CC1)C(F)(F)F. The fourth-order valence-corrected chi connectivity index (χ4v) is 5.98. The summed E-state index contributed by atoms with van der Waals surface area (Å²) in [4.78, 5) is 38.7. The third kappa shape index (κ3) is 8.44. The van der Waals surface area contributed by atoms with Crippen LogP contribution in [-0.2, 0) is 28.5 Å². The Labute approximate surface area is 255 Å². The maximum absolute atomic E-state index is 13.7. The predicted octanol–water partition coefficient (Wildman–Crippen LogP) is 5.01. The summed E-state index contributed by atoms with van der Waals surface area (Å²) < 4.78 is 68.5. The normalized spacial score (nSPS) is 26.3. The van der Waals surface area contributed by atoms with Crippen LogP contribution in [-0.4, -0.2) is 85.3 Å². The zero-order valence-electron chi connectivity index (χ0n) is 25.5. The average molecular weight is 627 g/mol. The lowest BCUT2D eigenvalue weighted by Crippen LogP contribution is -2.65. The van der Waals surface area contributed by atoms with Gasteiger partial charge in [0.05, 0.1) is 43.6 Å². The van der Waals surface area contributed by atoms with Crippen molar-refractivity contribution in [2.75, 3.05) is 33.0 Å². The Balaban J connectivity index is 1.42. The fraction of sp³-hybridized carbons (Fsp3) is 0.645. The Morgan fingerprint density at radius 2 is 1.84 bits per heavy atom. The van der Waals surface area contributed by atoms with E-state index in [9.17, 15) is 27.6 Å². The second-order valence-corrected chi connectivity index (χ2v) is 12.3. The summed E-state index contributed by atoms with van der Waals surface area (Å²) >= 11 is 0. The summed E-state index contributed by atoms with van der Waals surface area (Å²) in [7, 11) is 0. The number of carbonyl (C=O) groups is 3. The van der Waals surface area contributed by atoms with E-state index in [0.717, 1.165) is 0 Å². The number of para-hydroxylation sites is 1. The van der Waals surface area contributed by atoms with Crippen molar-refractivity contribution in [2.24, 2.45) is 0 Å². The van der Waals surface area contributed by atoms with Crippen LogP contribution in [0.4, 0.5) is 18.0 Å². The van der Waals surface area contributed by atoms with Gasteiger partial charge in [-0.1, -0.05) is 18.2 Å². The Hall–Kier alpha value is -3.32. The second-order valence-electron chi connectivity index (χ2n) is 12.3. The maximum Gasteiger partial charge on any atom is 0.449 e. The van der Waals surface area contributed by atoms with E-state index < -0.39 is 41.2 Å². The molecule has 2 aliphatic heterocycles. The van der Waals surface area contributed by atoms with Gasteiger partial charge in [0.15, 0.2) is 0 Å². The third-order valence-electron chi connectivity index (χ3n) is 7.98. The van der Waals surface area contributed by atoms with Gasteiger partial charge in [0, 0.05) is 6.54 Å². The molecular weight excluding hydrogens is 585 g/mol. The standard InChI is InChI=1S/C31H41F3N2O8/c1-5-41-27(38)16-25(31(32,33)34)43-23-9-7-6-8-22(23)20-10-12-21(13-11-20)42-17-24-30(19-40-18-26(37)35-30)14-15-36(24)28(39)44-29(2,3)4/h6-9,16,20-21,24H,5,10-15,17-19H2,1-4H3,(H,35,37)/b25-16+/t20-,21+,24?,30?. The van der Waals surface area contributed by atoms with Gasteiger partial charge in [-0.25, -0.2) is 9.59 Å². The lowest BCUT2D eigenvalue weighted by molar-refractivity contribution is -0.140. The summed E-state index contributed by atoms with van der Waals surface area (Å²) in [5.41, 5.74) is -0.872. The highest BCUT2D eigenvalue weighted by Gasteiger charge is 2.53. The molecule has 1 spiro atoms. The van der Waals surface area contributed by atoms with Crippen LogP contribution >= 0.6 is 0 Å². The summed E-state index contributed by atoms with van der Waals surface area (Å²) in [6, 6.07) is 5.99. The van der Waals surface area contributed by atoms with Gasteiger partial charge in [0.1, 0.15) is 18.0 Å². The van der Waals surface area contributed by atoms with Gasteiger partial charge in [-0.05, 0) is 77.3 Å². The molecule has 0 aromatic heterocycles. The van der Waals surface area contributed by atoms with Crippen molar-refractivity contribution in [1.82, 2.24) is 10.2 Å². The Morgan fingerprint density at radius 1 is 1.14 bits per heavy atom. The van der Waals surface area contributed by atoms with Crippen LogP contribution in [0.25, 0.3) is 0 Å². The summed E-state index contributed by atoms with van der Waals surface area (Å²) in [6.07, 6.45) is -2.22. The molecule has 3 fully saturated rings. The van der Waals surface area contributed by atoms with Crippen LogP contribution in [0.3, 0.4) is 0 Å². The molecule has 0 radical (unpaired) electrons. The molecule has 1 aliphatic carbocycles. The van der Waals surface area contributed by atoms with Crippen molar-refractivity contribution in [3.8, 4) is 5.75 Å². The third-order valence-corrected chi connectivity index (χ3v) is 7.98. The van der Waals surface area contributed by atoms with Crippen molar-refractivity contribution < 1.29 is 51.2 Å². The molecule has 13 heteroatoms. The monoisotopic (exact) mass is 626 g/mol. The number of amides is 2. The Bertz CT molecular complexity index is 1220. The first kappa shape index (κ1) is 33.6. The van der Waals surface area contributed by atoms with Gasteiger partial charge < -0.3 is 33.9 Å². The van der Waals surface area contributed by atoms with Crippen LogP contribution in [0.1, 0.15) is 71.3 Å². The van der Waals surface area contributed by atoms with Crippen molar-refractivity contribution in [3.05, 3.63) is 41.7 Å². The highest BCUT2D eigenvalue weighted by molar-refractivity contribution is 5.82. The number of ether oxygens (including phenoxy) is 5. The molecule has 2 saturated heterocycles. The minimum atomic E-state index is -4.89. The zero-order valence-corrected chi connectivity index (χ0v) is 25.5. The first-order valence-corrected chi connectivity index (χ1v) is 14.9. The number of hydrogen-bond donors (Lipinski definition) is 1. The fourth-order valence-electron chi connectivity index (χ4n) is 5.98. The smallest absolute Gasteiger partial charge is 0.449 e. The molecule has 2 atom stereocenters. The van der Waals surface area contributed by atoms with Crippen molar-refractivity contribution in [1.29, 1.82) is 0 Å². The van der Waals surface area contributed by atoms with Crippen LogP contribution in [0.5, 0.6) is 5.75 Å². The molecule has 244 valence electrons. The zero-order chi connectivity index (χ0) is 32.1. The van der Waals surface area contributed by atoms with Crippen molar-refractivity contribution in [2.45, 2.75) is 95.2 Å². The molecule has 3 aliphatic rings. The minimum Gasteiger partial charge on any atom is -0.463 e. The molecular formula is C31H41F3N2O8. The number of nitrogens with one attached hydrogen (secondary N) is 1. The second kappa shape index (κ2) is 13.8. The number of likely N-dealkylation sites (tertiary alicyclic amines) is 1. The number of alkyl halides is 3. The van der Waals surface area contributed by atoms with Gasteiger partial charge in [0.25, 0.3) is 0 Å². The Kier molecular flexibility index (Phi) is 10.5. The summed E-state index contributed by atoms with van der Waals surface area (Å²) in [6.45, 7) is 7.54. The van der Waals surface area contributed by atoms with E-state index in [-0.39, 0.29) is 50.1 Å². The lowest BCUT2D eigenvalue weighted by atomic mass is 9.82. The van der Waals surface area contributed by atoms with Crippen LogP contribution in [0, 0.1) is 0 Å². The molecule has 0 bridgehead atoms. The van der Waals surface area contributed by atoms with E-state index in [1.165, 1.54) is 13.0 Å². The van der Waals surface area contributed by atoms with E-state index >= 15 is 0 Å². The van der Waals surface area contributed by atoms with E-state index in [4.69, 9.17) is 18.9 Å². The molecule has 2 amide bonds. The number of hydrogen-bond acceptors (Lipinski definition) is 8. The summed E-state index contributed by atoms with van der Waals surface area (Å²) in [5, 5.41) is 3.04. The molecule has 10 nitrogen and oxygen atoms in total. The average Bonchev–Trinajstić information content (AvgIpc) is 3.27. The van der Waals surface area contributed by atoms with Crippen LogP contribution < -0.4 is 10.1 Å². The van der Waals surface area contributed by atoms with E-state index in [1.54, 1.807) is 43.9 Å². The first-order chi connectivity index (χ1) is 20.7. The number of nitrogens with zero attached hydrogens (tertiary/aromatic N) is 1. The quantitative estimate of drug-likeness (QED) is 0.244. The number of morpholine rings is 1. The highest BCUT2D eigenvalue weighted by Crippen LogP contribution is 2.41. The maximum atomic E-state index is 13.7. The number of rotatable bonds is 8. The number of esters is 1. The minimum absolute atomic E-state index is 0.0266. The number of halogens is 3. The van der Waals surface area contributed by atoms with Gasteiger partial charge in [-0.2, -0.15) is 13.2 Å². The number of carbonyl (C=O) groups excluding carboxylic acids is 3. The Morgan fingerprint density at radius 3 is 2.48 bits per heavy atom. The topological polar surface area (TPSA) is 113 Å². The predicted molar refractivity (Wildman–Crippen MR) is 152 cm³/mol. The largest absolute Gasteiger partial charge is 0.463 e. The van der Waals surface area contributed by atoms with Gasteiger partial charge in [-0.15, -0.1) is 0 Å². The molecule has 2 unspecified atom stereocenters. The number of allylic oxidation sites excluding steroid dienone is 1. The van der Waals surface area contributed by atoms with Crippen LogP contribution in [0.2, 0.25) is 0 Å². The first-order valence-electron chi connectivity index (χ1n) is 14.9. The molecule has 1 aromatic rings. The number of benzene rings is 1. The molecule has 2 heterocycles. The molecule has 44 heavy (non-hydrogen) atoms. The molecule has 1 aromatic carbocycles. The molecule has 1 N–H and O–H groups in total. The van der Waals surface area contributed by atoms with Gasteiger partial charge in [-0.3, -0.25) is 4.79 Å². The lowest BCUT2D eigenvalue weighted by Gasteiger charge is -2.41. The highest BCUT2D eigenvalue weighted by atomic mass is 19.4. The van der Waals surface area contributed by atoms with Gasteiger partial charge >= 0.3 is 18.2 Å². The molecule has 4 rings (SSSR count). The van der Waals surface area contributed by atoms with Crippen molar-refractivity contribution >= 4 is 18.0 Å². The van der Waals surface area contributed by atoms with Gasteiger partial charge in [0.2, 0.25) is 11.7 Å². The van der Waals surface area contributed by atoms with E-state index in [2.05, 4.69) is 10.1 Å². The van der Waals surface area contributed by atoms with Crippen molar-refractivity contribution in [3.63, 3.8) is 0 Å². The molecule has 1 saturated carbocycles. The van der Waals surface area contributed by atoms with E-state index in [1.807, 2.05) is 0 Å². The van der Waals surface area contributed by atoms with E-state index in [0.29, 0.717) is 50.3 Å².